The van der Waals surface area contributed by atoms with Crippen molar-refractivity contribution in [3.8, 4) is 11.5 Å². The van der Waals surface area contributed by atoms with Crippen molar-refractivity contribution in [1.82, 2.24) is 4.57 Å². The normalized spacial score (nSPS) is 15.2. The van der Waals surface area contributed by atoms with Crippen molar-refractivity contribution in [1.29, 1.82) is 0 Å². The number of benzene rings is 2. The highest BCUT2D eigenvalue weighted by atomic mass is 32.2. The molecule has 3 heterocycles. The number of hydrogen-bond donors (Lipinski definition) is 0. The van der Waals surface area contributed by atoms with Crippen molar-refractivity contribution in [2.24, 2.45) is 4.99 Å². The fourth-order valence-electron chi connectivity index (χ4n) is 4.41. The van der Waals surface area contributed by atoms with E-state index in [1.54, 1.807) is 59.3 Å². The average Bonchev–Trinajstić information content (AvgIpc) is 3.50. The molecule has 0 spiro atoms. The molecule has 2 aromatic carbocycles. The molecule has 0 radical (unpaired) electrons. The van der Waals surface area contributed by atoms with Gasteiger partial charge in [-0.2, -0.15) is 0 Å². The third-order valence-electron chi connectivity index (χ3n) is 6.15. The summed E-state index contributed by atoms with van der Waals surface area (Å²) in [4.78, 5) is 33.5. The molecule has 5 rings (SSSR count). The molecule has 4 aromatic rings. The predicted molar refractivity (Wildman–Crippen MR) is 154 cm³/mol. The second-order valence-electron chi connectivity index (χ2n) is 9.22. The molecule has 0 N–H and O–H groups in total. The number of ether oxygens (including phenoxy) is 3. The van der Waals surface area contributed by atoms with Crippen LogP contribution in [0.1, 0.15) is 38.1 Å². The average molecular weight is 577 g/mol. The van der Waals surface area contributed by atoms with Crippen molar-refractivity contribution >= 4 is 35.1 Å². The summed E-state index contributed by atoms with van der Waals surface area (Å²) in [5, 5.41) is 0.707. The van der Waals surface area contributed by atoms with Crippen LogP contribution in [0, 0.1) is 0 Å². The molecule has 0 saturated carbocycles. The zero-order valence-electron chi connectivity index (χ0n) is 22.7. The summed E-state index contributed by atoms with van der Waals surface area (Å²) < 4.78 is 24.6. The fourth-order valence-corrected chi connectivity index (χ4v) is 6.23. The standard InChI is InChI=1S/C30H28N2O6S2/c1-17(2)37-29(34)26-18(3)31-30-32(27(26)22-15-19(35-4)11-13-23(22)36-5)28(33)24(40-30)16-20-12-14-25(38-20)39-21-9-7-6-8-10-21/h6-17,27H,1-5H3/t27-/m1/s1. The smallest absolute Gasteiger partial charge is 0.338 e. The van der Waals surface area contributed by atoms with Gasteiger partial charge in [-0.1, -0.05) is 41.3 Å². The van der Waals surface area contributed by atoms with E-state index >= 15 is 0 Å². The van der Waals surface area contributed by atoms with Gasteiger partial charge in [0, 0.05) is 16.5 Å². The SMILES string of the molecule is COc1ccc(OC)c([C@@H]2C(C(=O)OC(C)C)=C(C)N=c3sc(=Cc4ccc(Sc5ccccc5)o4)c(=O)n32)c1. The number of nitrogens with zero attached hydrogens (tertiary/aromatic N) is 2. The molecule has 0 unspecified atom stereocenters. The molecule has 0 bridgehead atoms. The fraction of sp³-hybridized carbons (Fsp3) is 0.233. The van der Waals surface area contributed by atoms with Crippen LogP contribution in [0.2, 0.25) is 0 Å². The Hall–Kier alpha value is -4.02. The summed E-state index contributed by atoms with van der Waals surface area (Å²) in [6, 6.07) is 18.0. The second-order valence-corrected chi connectivity index (χ2v) is 11.3. The van der Waals surface area contributed by atoms with Gasteiger partial charge in [-0.15, -0.1) is 0 Å². The van der Waals surface area contributed by atoms with E-state index in [-0.39, 0.29) is 17.2 Å². The summed E-state index contributed by atoms with van der Waals surface area (Å²) in [6.07, 6.45) is 1.34. The Bertz CT molecular complexity index is 1770. The first-order valence-electron chi connectivity index (χ1n) is 12.6. The van der Waals surface area contributed by atoms with Crippen molar-refractivity contribution < 1.29 is 23.4 Å². The molecule has 1 aliphatic heterocycles. The number of aromatic nitrogens is 1. The van der Waals surface area contributed by atoms with Crippen molar-refractivity contribution in [2.45, 2.75) is 42.9 Å². The molecule has 206 valence electrons. The minimum absolute atomic E-state index is 0.263. The minimum atomic E-state index is -0.838. The van der Waals surface area contributed by atoms with E-state index in [4.69, 9.17) is 18.6 Å². The highest BCUT2D eigenvalue weighted by Crippen LogP contribution is 2.38. The Labute approximate surface area is 239 Å². The molecule has 2 aromatic heterocycles. The molecule has 0 fully saturated rings. The van der Waals surface area contributed by atoms with Gasteiger partial charge in [0.25, 0.3) is 5.56 Å². The Morgan fingerprint density at radius 1 is 1.10 bits per heavy atom. The van der Waals surface area contributed by atoms with E-state index in [0.29, 0.717) is 42.9 Å². The number of esters is 1. The second kappa shape index (κ2) is 11.6. The van der Waals surface area contributed by atoms with Gasteiger partial charge in [0.2, 0.25) is 0 Å². The molecule has 8 nitrogen and oxygen atoms in total. The molecule has 0 amide bonds. The van der Waals surface area contributed by atoms with Crippen LogP contribution >= 0.6 is 23.1 Å². The molecular weight excluding hydrogens is 548 g/mol. The Morgan fingerprint density at radius 3 is 2.58 bits per heavy atom. The highest BCUT2D eigenvalue weighted by Gasteiger charge is 2.35. The number of carbonyl (C=O) groups is 1. The molecule has 40 heavy (non-hydrogen) atoms. The lowest BCUT2D eigenvalue weighted by molar-refractivity contribution is -0.143. The first-order valence-corrected chi connectivity index (χ1v) is 14.2. The number of furan rings is 1. The van der Waals surface area contributed by atoms with Gasteiger partial charge in [-0.25, -0.2) is 9.79 Å². The molecule has 1 atom stereocenters. The number of allylic oxidation sites excluding steroid dienone is 1. The highest BCUT2D eigenvalue weighted by molar-refractivity contribution is 7.99. The van der Waals surface area contributed by atoms with Crippen LogP contribution < -0.4 is 24.4 Å². The van der Waals surface area contributed by atoms with E-state index < -0.39 is 12.0 Å². The van der Waals surface area contributed by atoms with Crippen LogP contribution in [0.15, 0.2) is 96.1 Å². The van der Waals surface area contributed by atoms with Gasteiger partial charge in [0.05, 0.1) is 36.1 Å². The Morgan fingerprint density at radius 2 is 1.88 bits per heavy atom. The van der Waals surface area contributed by atoms with E-state index in [0.717, 1.165) is 4.90 Å². The first kappa shape index (κ1) is 27.5. The maximum absolute atomic E-state index is 13.9. The molecule has 0 aliphatic carbocycles. The van der Waals surface area contributed by atoms with Crippen LogP contribution in [0.5, 0.6) is 11.5 Å². The lowest BCUT2D eigenvalue weighted by Gasteiger charge is -2.26. The van der Waals surface area contributed by atoms with Gasteiger partial charge in [0.15, 0.2) is 9.89 Å². The van der Waals surface area contributed by atoms with Crippen LogP contribution in [-0.4, -0.2) is 30.9 Å². The molecule has 0 saturated heterocycles. The Balaban J connectivity index is 1.64. The maximum Gasteiger partial charge on any atom is 0.338 e. The number of methoxy groups -OCH3 is 2. The zero-order valence-corrected chi connectivity index (χ0v) is 24.3. The monoisotopic (exact) mass is 576 g/mol. The summed E-state index contributed by atoms with van der Waals surface area (Å²) in [5.74, 6) is 1.05. The summed E-state index contributed by atoms with van der Waals surface area (Å²) in [7, 11) is 3.10. The molecule has 10 heteroatoms. The van der Waals surface area contributed by atoms with Crippen LogP contribution in [0.3, 0.4) is 0 Å². The van der Waals surface area contributed by atoms with Crippen molar-refractivity contribution in [3.63, 3.8) is 0 Å². The predicted octanol–water partition coefficient (Wildman–Crippen LogP) is 4.95. The van der Waals surface area contributed by atoms with Crippen molar-refractivity contribution in [3.05, 3.63) is 103 Å². The lowest BCUT2D eigenvalue weighted by Crippen LogP contribution is -2.40. The van der Waals surface area contributed by atoms with E-state index in [1.165, 1.54) is 27.7 Å². The summed E-state index contributed by atoms with van der Waals surface area (Å²) >= 11 is 2.72. The minimum Gasteiger partial charge on any atom is -0.497 e. The number of fused-ring (bicyclic) bond motifs is 1. The number of thiazole rings is 1. The Kier molecular flexibility index (Phi) is 7.99. The van der Waals surface area contributed by atoms with Gasteiger partial charge in [-0.3, -0.25) is 9.36 Å². The largest absolute Gasteiger partial charge is 0.497 e. The molecular formula is C30H28N2O6S2. The van der Waals surface area contributed by atoms with E-state index in [9.17, 15) is 9.59 Å². The van der Waals surface area contributed by atoms with Crippen LogP contribution in [0.25, 0.3) is 6.08 Å². The van der Waals surface area contributed by atoms with Crippen LogP contribution in [0.4, 0.5) is 0 Å². The summed E-state index contributed by atoms with van der Waals surface area (Å²) in [6.45, 7) is 5.29. The van der Waals surface area contributed by atoms with Crippen LogP contribution in [-0.2, 0) is 9.53 Å². The van der Waals surface area contributed by atoms with Gasteiger partial charge < -0.3 is 18.6 Å². The number of rotatable bonds is 8. The third kappa shape index (κ3) is 5.50. The van der Waals surface area contributed by atoms with Gasteiger partial charge in [0.1, 0.15) is 23.3 Å². The van der Waals surface area contributed by atoms with Crippen molar-refractivity contribution in [2.75, 3.05) is 14.2 Å². The molecule has 1 aliphatic rings. The van der Waals surface area contributed by atoms with Gasteiger partial charge in [-0.05, 0) is 63.2 Å². The number of carbonyl (C=O) groups excluding carboxylic acids is 1. The van der Waals surface area contributed by atoms with E-state index in [2.05, 4.69) is 4.99 Å². The number of hydrogen-bond acceptors (Lipinski definition) is 9. The lowest BCUT2D eigenvalue weighted by atomic mass is 9.94. The zero-order chi connectivity index (χ0) is 28.4. The maximum atomic E-state index is 13.9. The quantitative estimate of drug-likeness (QED) is 0.274. The van der Waals surface area contributed by atoms with Gasteiger partial charge >= 0.3 is 5.97 Å². The third-order valence-corrected chi connectivity index (χ3v) is 8.06. The van der Waals surface area contributed by atoms with E-state index in [1.807, 2.05) is 42.5 Å². The topological polar surface area (TPSA) is 92.3 Å². The summed E-state index contributed by atoms with van der Waals surface area (Å²) in [5.41, 5.74) is 1.00. The first-order chi connectivity index (χ1) is 19.3.